The van der Waals surface area contributed by atoms with Gasteiger partial charge in [-0.1, -0.05) is 6.07 Å². The van der Waals surface area contributed by atoms with Gasteiger partial charge in [0.15, 0.2) is 0 Å². The molecule has 0 fully saturated rings. The van der Waals surface area contributed by atoms with Gasteiger partial charge in [-0.3, -0.25) is 14.7 Å². The van der Waals surface area contributed by atoms with Crippen LogP contribution in [0.3, 0.4) is 0 Å². The highest BCUT2D eigenvalue weighted by atomic mass is 16.2. The third kappa shape index (κ3) is 2.82. The zero-order valence-corrected chi connectivity index (χ0v) is 10.1. The van der Waals surface area contributed by atoms with Crippen molar-refractivity contribution >= 4 is 17.4 Å². The van der Waals surface area contributed by atoms with Crippen LogP contribution >= 0.6 is 0 Å². The molecule has 0 aliphatic rings. The van der Waals surface area contributed by atoms with Crippen LogP contribution in [-0.2, 0) is 11.2 Å². The standard InChI is InChI=1S/C13H14N4O/c1-17(12-6-5-10(14)9-16-12)13(18)8-11-4-2-3-7-15-11/h2-7,9H,8,14H2,1H3. The molecular formula is C13H14N4O. The lowest BCUT2D eigenvalue weighted by Gasteiger charge is -2.15. The molecule has 5 nitrogen and oxygen atoms in total. The maximum absolute atomic E-state index is 12.0. The van der Waals surface area contributed by atoms with Crippen molar-refractivity contribution in [2.45, 2.75) is 6.42 Å². The van der Waals surface area contributed by atoms with Crippen LogP contribution in [0.1, 0.15) is 5.69 Å². The molecular weight excluding hydrogens is 228 g/mol. The van der Waals surface area contributed by atoms with Crippen molar-refractivity contribution < 1.29 is 4.79 Å². The van der Waals surface area contributed by atoms with E-state index in [1.165, 1.54) is 11.1 Å². The van der Waals surface area contributed by atoms with Gasteiger partial charge in [-0.05, 0) is 24.3 Å². The topological polar surface area (TPSA) is 72.1 Å². The Kier molecular flexibility index (Phi) is 3.52. The van der Waals surface area contributed by atoms with Crippen LogP contribution in [-0.4, -0.2) is 22.9 Å². The predicted molar refractivity (Wildman–Crippen MR) is 70.0 cm³/mol. The van der Waals surface area contributed by atoms with Gasteiger partial charge in [-0.25, -0.2) is 4.98 Å². The number of rotatable bonds is 3. The number of pyridine rings is 2. The zero-order chi connectivity index (χ0) is 13.0. The Balaban J connectivity index is 2.07. The van der Waals surface area contributed by atoms with Crippen molar-refractivity contribution in [2.75, 3.05) is 17.7 Å². The highest BCUT2D eigenvalue weighted by Crippen LogP contribution is 2.11. The van der Waals surface area contributed by atoms with Crippen molar-refractivity contribution in [3.05, 3.63) is 48.4 Å². The normalized spacial score (nSPS) is 10.1. The molecule has 5 heteroatoms. The van der Waals surface area contributed by atoms with E-state index in [1.54, 1.807) is 25.4 Å². The summed E-state index contributed by atoms with van der Waals surface area (Å²) in [5.41, 5.74) is 6.86. The molecule has 0 saturated heterocycles. The van der Waals surface area contributed by atoms with E-state index >= 15 is 0 Å². The lowest BCUT2D eigenvalue weighted by atomic mass is 10.2. The molecule has 0 spiro atoms. The van der Waals surface area contributed by atoms with E-state index in [9.17, 15) is 4.79 Å². The fourth-order valence-corrected chi connectivity index (χ4v) is 1.50. The number of aromatic nitrogens is 2. The summed E-state index contributed by atoms with van der Waals surface area (Å²) in [4.78, 5) is 21.7. The summed E-state index contributed by atoms with van der Waals surface area (Å²) in [5.74, 6) is 0.510. The van der Waals surface area contributed by atoms with E-state index in [0.29, 0.717) is 11.5 Å². The van der Waals surface area contributed by atoms with Crippen LogP contribution in [0.4, 0.5) is 11.5 Å². The van der Waals surface area contributed by atoms with Crippen LogP contribution in [0.2, 0.25) is 0 Å². The molecule has 0 bridgehead atoms. The first-order valence-electron chi connectivity index (χ1n) is 5.55. The lowest BCUT2D eigenvalue weighted by Crippen LogP contribution is -2.28. The van der Waals surface area contributed by atoms with Crippen LogP contribution in [0.15, 0.2) is 42.7 Å². The minimum atomic E-state index is -0.0639. The molecule has 0 atom stereocenters. The molecule has 0 saturated carbocycles. The third-order valence-electron chi connectivity index (χ3n) is 2.55. The van der Waals surface area contributed by atoms with Crippen LogP contribution in [0.5, 0.6) is 0 Å². The Morgan fingerprint density at radius 3 is 2.72 bits per heavy atom. The van der Waals surface area contributed by atoms with E-state index in [4.69, 9.17) is 5.73 Å². The molecule has 2 aromatic heterocycles. The average molecular weight is 242 g/mol. The minimum absolute atomic E-state index is 0.0639. The van der Waals surface area contributed by atoms with Gasteiger partial charge in [-0.2, -0.15) is 0 Å². The summed E-state index contributed by atoms with van der Waals surface area (Å²) in [5, 5.41) is 0. The van der Waals surface area contributed by atoms with Gasteiger partial charge in [0.25, 0.3) is 0 Å². The number of carbonyl (C=O) groups excluding carboxylic acids is 1. The van der Waals surface area contributed by atoms with Gasteiger partial charge < -0.3 is 5.73 Å². The van der Waals surface area contributed by atoms with E-state index in [2.05, 4.69) is 9.97 Å². The molecule has 18 heavy (non-hydrogen) atoms. The number of nitrogen functional groups attached to an aromatic ring is 1. The lowest BCUT2D eigenvalue weighted by molar-refractivity contribution is -0.117. The molecule has 0 unspecified atom stereocenters. The molecule has 0 radical (unpaired) electrons. The monoisotopic (exact) mass is 242 g/mol. The summed E-state index contributed by atoms with van der Waals surface area (Å²) in [6.45, 7) is 0. The second kappa shape index (κ2) is 5.27. The van der Waals surface area contributed by atoms with Crippen molar-refractivity contribution in [3.63, 3.8) is 0 Å². The maximum atomic E-state index is 12.0. The smallest absolute Gasteiger partial charge is 0.233 e. The SMILES string of the molecule is CN(C(=O)Cc1ccccn1)c1ccc(N)cn1. The van der Waals surface area contributed by atoms with Crippen LogP contribution in [0.25, 0.3) is 0 Å². The molecule has 0 aromatic carbocycles. The second-order valence-corrected chi connectivity index (χ2v) is 3.90. The molecule has 2 aromatic rings. The maximum Gasteiger partial charge on any atom is 0.233 e. The van der Waals surface area contributed by atoms with E-state index < -0.39 is 0 Å². The Labute approximate surface area is 105 Å². The van der Waals surface area contributed by atoms with Crippen LogP contribution in [0, 0.1) is 0 Å². The third-order valence-corrected chi connectivity index (χ3v) is 2.55. The van der Waals surface area contributed by atoms with Crippen molar-refractivity contribution in [1.29, 1.82) is 0 Å². The highest BCUT2D eigenvalue weighted by molar-refractivity contribution is 5.93. The number of likely N-dealkylation sites (N-methyl/N-ethyl adjacent to an activating group) is 1. The van der Waals surface area contributed by atoms with Gasteiger partial charge in [0.2, 0.25) is 5.91 Å². The number of nitrogens with two attached hydrogens (primary N) is 1. The molecule has 2 N–H and O–H groups in total. The second-order valence-electron chi connectivity index (χ2n) is 3.90. The van der Waals surface area contributed by atoms with Gasteiger partial charge in [0, 0.05) is 18.9 Å². The summed E-state index contributed by atoms with van der Waals surface area (Å²) in [6, 6.07) is 8.93. The molecule has 2 rings (SSSR count). The van der Waals surface area contributed by atoms with E-state index in [-0.39, 0.29) is 12.3 Å². The molecule has 1 amide bonds. The van der Waals surface area contributed by atoms with Crippen LogP contribution < -0.4 is 10.6 Å². The largest absolute Gasteiger partial charge is 0.397 e. The fourth-order valence-electron chi connectivity index (χ4n) is 1.50. The Morgan fingerprint density at radius 2 is 2.11 bits per heavy atom. The van der Waals surface area contributed by atoms with Gasteiger partial charge in [0.05, 0.1) is 18.3 Å². The minimum Gasteiger partial charge on any atom is -0.397 e. The predicted octanol–water partition coefficient (Wildman–Crippen LogP) is 1.26. The van der Waals surface area contributed by atoms with Crippen molar-refractivity contribution in [1.82, 2.24) is 9.97 Å². The summed E-state index contributed by atoms with van der Waals surface area (Å²) >= 11 is 0. The first-order valence-corrected chi connectivity index (χ1v) is 5.55. The van der Waals surface area contributed by atoms with Crippen molar-refractivity contribution in [3.8, 4) is 0 Å². The molecule has 0 aliphatic carbocycles. The van der Waals surface area contributed by atoms with Crippen molar-refractivity contribution in [2.24, 2.45) is 0 Å². The zero-order valence-electron chi connectivity index (χ0n) is 10.1. The Morgan fingerprint density at radius 1 is 1.28 bits per heavy atom. The van der Waals surface area contributed by atoms with Gasteiger partial charge in [-0.15, -0.1) is 0 Å². The Bertz CT molecular complexity index is 524. The number of hydrogen-bond acceptors (Lipinski definition) is 4. The summed E-state index contributed by atoms with van der Waals surface area (Å²) in [6.07, 6.45) is 3.45. The quantitative estimate of drug-likeness (QED) is 0.879. The average Bonchev–Trinajstić information content (AvgIpc) is 2.40. The van der Waals surface area contributed by atoms with E-state index in [1.807, 2.05) is 18.2 Å². The number of amides is 1. The number of nitrogens with zero attached hydrogens (tertiary/aromatic N) is 3. The summed E-state index contributed by atoms with van der Waals surface area (Å²) < 4.78 is 0. The van der Waals surface area contributed by atoms with Gasteiger partial charge in [0.1, 0.15) is 5.82 Å². The Hall–Kier alpha value is -2.43. The first-order chi connectivity index (χ1) is 8.66. The molecule has 92 valence electrons. The first kappa shape index (κ1) is 12.0. The molecule has 2 heterocycles. The van der Waals surface area contributed by atoms with Gasteiger partial charge >= 0.3 is 0 Å². The number of hydrogen-bond donors (Lipinski definition) is 1. The number of carbonyl (C=O) groups is 1. The number of anilines is 2. The summed E-state index contributed by atoms with van der Waals surface area (Å²) in [7, 11) is 1.68. The highest BCUT2D eigenvalue weighted by Gasteiger charge is 2.12. The fraction of sp³-hybridized carbons (Fsp3) is 0.154. The molecule has 0 aliphatic heterocycles. The van der Waals surface area contributed by atoms with E-state index in [0.717, 1.165) is 5.69 Å².